The standard InChI is InChI=1S/C36H31NO7/c1-43-21-15-27(38)31(28(16-21)44-2)32-22-13-14-23-30(35(42)37-34(23)41)25(22)17-26-33(40)24(19-9-5-3-6-10-19)18-29(39)36(26,32)20-11-7-4-8-12-20/h3-13,15-16,18,23,25-26,30,32,38H,14,17H2,1-2H3,(H,37,41,42). The lowest BCUT2D eigenvalue weighted by Crippen LogP contribution is -2.58. The Morgan fingerprint density at radius 2 is 1.57 bits per heavy atom. The molecule has 3 aromatic carbocycles. The van der Waals surface area contributed by atoms with Crippen LogP contribution in [0.1, 0.15) is 35.4 Å². The minimum atomic E-state index is -1.47. The summed E-state index contributed by atoms with van der Waals surface area (Å²) in [5.74, 6) is -4.28. The number of carbonyl (C=O) groups is 4. The first kappa shape index (κ1) is 27.8. The van der Waals surface area contributed by atoms with Gasteiger partial charge in [-0.1, -0.05) is 72.3 Å². The fourth-order valence-electron chi connectivity index (χ4n) is 8.26. The largest absolute Gasteiger partial charge is 0.507 e. The number of hydrogen-bond donors (Lipinski definition) is 2. The number of phenolic OH excluding ortho intramolecular Hbond substituents is 1. The Morgan fingerprint density at radius 1 is 0.864 bits per heavy atom. The van der Waals surface area contributed by atoms with Gasteiger partial charge in [0, 0.05) is 35.1 Å². The van der Waals surface area contributed by atoms with Gasteiger partial charge >= 0.3 is 0 Å². The Bertz CT molecular complexity index is 1780. The van der Waals surface area contributed by atoms with Crippen molar-refractivity contribution in [2.75, 3.05) is 14.2 Å². The fourth-order valence-corrected chi connectivity index (χ4v) is 8.26. The van der Waals surface area contributed by atoms with Crippen molar-refractivity contribution in [2.24, 2.45) is 23.7 Å². The third-order valence-corrected chi connectivity index (χ3v) is 10.1. The van der Waals surface area contributed by atoms with Gasteiger partial charge in [-0.3, -0.25) is 24.5 Å². The van der Waals surface area contributed by atoms with E-state index in [1.807, 2.05) is 54.6 Å². The van der Waals surface area contributed by atoms with Gasteiger partial charge in [-0.25, -0.2) is 0 Å². The number of phenols is 1. The first-order valence-electron chi connectivity index (χ1n) is 14.7. The van der Waals surface area contributed by atoms with Crippen LogP contribution >= 0.6 is 0 Å². The van der Waals surface area contributed by atoms with Crippen LogP contribution in [0.3, 0.4) is 0 Å². The molecule has 222 valence electrons. The van der Waals surface area contributed by atoms with Crippen molar-refractivity contribution in [3.05, 3.63) is 107 Å². The molecule has 6 atom stereocenters. The van der Waals surface area contributed by atoms with E-state index >= 15 is 0 Å². The molecule has 3 aliphatic carbocycles. The second-order valence-corrected chi connectivity index (χ2v) is 11.9. The molecule has 44 heavy (non-hydrogen) atoms. The van der Waals surface area contributed by atoms with Crippen molar-refractivity contribution in [1.82, 2.24) is 5.32 Å². The van der Waals surface area contributed by atoms with Crippen molar-refractivity contribution in [3.8, 4) is 17.2 Å². The average molecular weight is 590 g/mol. The quantitative estimate of drug-likeness (QED) is 0.332. The van der Waals surface area contributed by atoms with Crippen molar-refractivity contribution >= 4 is 29.0 Å². The molecule has 1 heterocycles. The number of allylic oxidation sites excluding steroid dienone is 4. The van der Waals surface area contributed by atoms with E-state index < -0.39 is 35.0 Å². The van der Waals surface area contributed by atoms with Crippen LogP contribution in [0.2, 0.25) is 0 Å². The minimum absolute atomic E-state index is 0.158. The molecule has 7 rings (SSSR count). The Hall–Kier alpha value is -4.98. The van der Waals surface area contributed by atoms with Gasteiger partial charge in [0.2, 0.25) is 11.8 Å². The Labute approximate surface area is 254 Å². The summed E-state index contributed by atoms with van der Waals surface area (Å²) in [7, 11) is 2.95. The Kier molecular flexibility index (Phi) is 6.53. The maximum absolute atomic E-state index is 15.0. The first-order valence-corrected chi connectivity index (χ1v) is 14.7. The van der Waals surface area contributed by atoms with Crippen LogP contribution in [0.4, 0.5) is 0 Å². The van der Waals surface area contributed by atoms with Gasteiger partial charge in [-0.05, 0) is 36.0 Å². The van der Waals surface area contributed by atoms with Gasteiger partial charge in [-0.15, -0.1) is 0 Å². The molecular weight excluding hydrogens is 558 g/mol. The van der Waals surface area contributed by atoms with Crippen LogP contribution in [0.15, 0.2) is 90.5 Å². The second-order valence-electron chi connectivity index (χ2n) is 11.9. The van der Waals surface area contributed by atoms with E-state index in [9.17, 15) is 24.3 Å². The number of hydrogen-bond acceptors (Lipinski definition) is 7. The predicted octanol–water partition coefficient (Wildman–Crippen LogP) is 4.52. The molecule has 0 spiro atoms. The zero-order chi connectivity index (χ0) is 30.7. The van der Waals surface area contributed by atoms with Crippen molar-refractivity contribution in [2.45, 2.75) is 24.2 Å². The molecule has 4 aliphatic rings. The van der Waals surface area contributed by atoms with Crippen molar-refractivity contribution in [1.29, 1.82) is 0 Å². The van der Waals surface area contributed by atoms with Gasteiger partial charge in [-0.2, -0.15) is 0 Å². The molecule has 0 aromatic heterocycles. The summed E-state index contributed by atoms with van der Waals surface area (Å²) in [6, 6.07) is 21.4. The molecule has 2 fully saturated rings. The predicted molar refractivity (Wildman–Crippen MR) is 161 cm³/mol. The molecule has 8 nitrogen and oxygen atoms in total. The zero-order valence-electron chi connectivity index (χ0n) is 24.3. The summed E-state index contributed by atoms with van der Waals surface area (Å²) in [6.07, 6.45) is 3.87. The minimum Gasteiger partial charge on any atom is -0.507 e. The number of nitrogens with one attached hydrogen (secondary N) is 1. The molecule has 2 amide bonds. The lowest BCUT2D eigenvalue weighted by Gasteiger charge is -2.55. The number of imide groups is 1. The molecule has 8 heteroatoms. The highest BCUT2D eigenvalue weighted by atomic mass is 16.5. The molecule has 1 saturated carbocycles. The number of rotatable bonds is 5. The molecule has 1 aliphatic heterocycles. The number of benzene rings is 3. The third-order valence-electron chi connectivity index (χ3n) is 10.1. The smallest absolute Gasteiger partial charge is 0.231 e. The molecule has 0 radical (unpaired) electrons. The summed E-state index contributed by atoms with van der Waals surface area (Å²) in [6.45, 7) is 0. The number of Topliss-reactive ketones (excluding diaryl/α,β-unsaturated/α-hetero) is 1. The van der Waals surface area contributed by atoms with Crippen LogP contribution in [0.25, 0.3) is 5.57 Å². The highest BCUT2D eigenvalue weighted by molar-refractivity contribution is 6.31. The zero-order valence-corrected chi connectivity index (χ0v) is 24.3. The van der Waals surface area contributed by atoms with E-state index in [-0.39, 0.29) is 41.3 Å². The second kappa shape index (κ2) is 10.3. The van der Waals surface area contributed by atoms with E-state index in [4.69, 9.17) is 9.47 Å². The van der Waals surface area contributed by atoms with Crippen LogP contribution in [0.5, 0.6) is 17.2 Å². The summed E-state index contributed by atoms with van der Waals surface area (Å²) in [5, 5.41) is 14.2. The summed E-state index contributed by atoms with van der Waals surface area (Å²) in [4.78, 5) is 55.9. The number of fused-ring (bicyclic) bond motifs is 4. The van der Waals surface area contributed by atoms with E-state index in [1.54, 1.807) is 18.2 Å². The molecule has 3 aromatic rings. The van der Waals surface area contributed by atoms with Gasteiger partial charge in [0.25, 0.3) is 0 Å². The van der Waals surface area contributed by atoms with Crippen molar-refractivity contribution in [3.63, 3.8) is 0 Å². The fraction of sp³-hybridized carbons (Fsp3) is 0.278. The number of aromatic hydroxyl groups is 1. The average Bonchev–Trinajstić information content (AvgIpc) is 3.35. The number of ether oxygens (including phenoxy) is 2. The molecule has 2 N–H and O–H groups in total. The lowest BCUT2D eigenvalue weighted by molar-refractivity contribution is -0.135. The third kappa shape index (κ3) is 3.83. The maximum atomic E-state index is 15.0. The summed E-state index contributed by atoms with van der Waals surface area (Å²) >= 11 is 0. The monoisotopic (exact) mass is 589 g/mol. The normalized spacial score (nSPS) is 29.1. The number of carbonyl (C=O) groups excluding carboxylic acids is 4. The molecule has 0 bridgehead atoms. The van der Waals surface area contributed by atoms with Crippen LogP contribution in [-0.2, 0) is 24.6 Å². The summed E-state index contributed by atoms with van der Waals surface area (Å²) in [5.41, 5.74) is 1.17. The highest BCUT2D eigenvalue weighted by Gasteiger charge is 2.65. The molecule has 1 saturated heterocycles. The van der Waals surface area contributed by atoms with Gasteiger partial charge in [0.1, 0.15) is 17.2 Å². The lowest BCUT2D eigenvalue weighted by atomic mass is 9.44. The first-order chi connectivity index (χ1) is 21.3. The molecular formula is C36H31NO7. The van der Waals surface area contributed by atoms with E-state index in [0.29, 0.717) is 34.4 Å². The number of ketones is 2. The van der Waals surface area contributed by atoms with Crippen LogP contribution in [0, 0.1) is 23.7 Å². The van der Waals surface area contributed by atoms with Gasteiger partial charge in [0.15, 0.2) is 11.6 Å². The van der Waals surface area contributed by atoms with Crippen LogP contribution < -0.4 is 14.8 Å². The topological polar surface area (TPSA) is 119 Å². The van der Waals surface area contributed by atoms with E-state index in [2.05, 4.69) is 5.32 Å². The SMILES string of the molecule is COc1cc(O)c(C2C3=CCC4C(=O)NC(=O)C4C3CC3C(=O)C(c4ccccc4)=CC(=O)C32c2ccccc2)c(OC)c1. The number of methoxy groups -OCH3 is 2. The van der Waals surface area contributed by atoms with Crippen LogP contribution in [-0.4, -0.2) is 42.7 Å². The molecule has 6 unspecified atom stereocenters. The summed E-state index contributed by atoms with van der Waals surface area (Å²) < 4.78 is 11.2. The Morgan fingerprint density at radius 3 is 2.25 bits per heavy atom. The van der Waals surface area contributed by atoms with Gasteiger partial charge in [0.05, 0.1) is 31.5 Å². The van der Waals surface area contributed by atoms with E-state index in [1.165, 1.54) is 26.4 Å². The highest BCUT2D eigenvalue weighted by Crippen LogP contribution is 2.65. The van der Waals surface area contributed by atoms with Crippen molar-refractivity contribution < 1.29 is 33.8 Å². The maximum Gasteiger partial charge on any atom is 0.231 e. The number of amides is 2. The Balaban J connectivity index is 1.57. The van der Waals surface area contributed by atoms with Gasteiger partial charge < -0.3 is 14.6 Å². The van der Waals surface area contributed by atoms with E-state index in [0.717, 1.165) is 5.57 Å².